The van der Waals surface area contributed by atoms with Gasteiger partial charge in [0.25, 0.3) is 11.8 Å². The van der Waals surface area contributed by atoms with E-state index in [1.54, 1.807) is 35.9 Å². The number of hydroxylamine groups is 1. The monoisotopic (exact) mass is 289 g/mol. The zero-order chi connectivity index (χ0) is 15.1. The lowest BCUT2D eigenvalue weighted by Gasteiger charge is -2.07. The number of rotatable bonds is 6. The molecule has 0 aliphatic rings. The van der Waals surface area contributed by atoms with Crippen LogP contribution in [0, 0.1) is 0 Å². The minimum absolute atomic E-state index is 0.196. The number of aromatic amines is 1. The molecule has 21 heavy (non-hydrogen) atoms. The molecule has 110 valence electrons. The molecule has 0 saturated heterocycles. The fraction of sp³-hybridized carbons (Fsp3) is 0.143. The van der Waals surface area contributed by atoms with E-state index in [1.807, 2.05) is 0 Å². The van der Waals surface area contributed by atoms with E-state index in [0.29, 0.717) is 30.2 Å². The molecule has 0 atom stereocenters. The normalized spacial score (nSPS) is 9.95. The van der Waals surface area contributed by atoms with E-state index in [1.165, 1.54) is 12.1 Å². The first-order valence-electron chi connectivity index (χ1n) is 6.29. The van der Waals surface area contributed by atoms with Gasteiger partial charge in [-0.05, 0) is 36.4 Å². The lowest BCUT2D eigenvalue weighted by Crippen LogP contribution is -2.28. The van der Waals surface area contributed by atoms with E-state index in [0.717, 1.165) is 0 Å². The van der Waals surface area contributed by atoms with Crippen molar-refractivity contribution in [2.75, 3.05) is 13.2 Å². The Morgan fingerprint density at radius 3 is 2.52 bits per heavy atom. The lowest BCUT2D eigenvalue weighted by molar-refractivity contribution is 0.0706. The Balaban J connectivity index is 1.73. The Labute approximate surface area is 120 Å². The fourth-order valence-corrected chi connectivity index (χ4v) is 1.67. The van der Waals surface area contributed by atoms with E-state index in [9.17, 15) is 9.59 Å². The number of amides is 2. The summed E-state index contributed by atoms with van der Waals surface area (Å²) in [5.41, 5.74) is 2.37. The smallest absolute Gasteiger partial charge is 0.274 e. The number of ether oxygens (including phenoxy) is 1. The molecular formula is C14H15N3O4. The molecule has 0 unspecified atom stereocenters. The standard InChI is InChI=1S/C14H15N3O4/c18-13(17-20)10-3-5-11(6-4-10)21-9-8-16-14(19)12-2-1-7-15-12/h1-7,15,20H,8-9H2,(H,16,19)(H,17,18). The molecule has 7 heteroatoms. The van der Waals surface area contributed by atoms with Crippen LogP contribution in [0.1, 0.15) is 20.8 Å². The maximum Gasteiger partial charge on any atom is 0.274 e. The molecule has 0 bridgehead atoms. The molecule has 0 spiro atoms. The Kier molecular flexibility index (Phi) is 4.94. The molecule has 1 aromatic heterocycles. The summed E-state index contributed by atoms with van der Waals surface area (Å²) in [6, 6.07) is 9.70. The predicted octanol–water partition coefficient (Wildman–Crippen LogP) is 0.942. The van der Waals surface area contributed by atoms with Crippen LogP contribution in [0.15, 0.2) is 42.6 Å². The minimum Gasteiger partial charge on any atom is -0.492 e. The number of benzene rings is 1. The summed E-state index contributed by atoms with van der Waals surface area (Å²) in [6.07, 6.45) is 1.68. The highest BCUT2D eigenvalue weighted by molar-refractivity contribution is 5.93. The molecule has 0 radical (unpaired) electrons. The molecule has 2 aromatic rings. The van der Waals surface area contributed by atoms with Gasteiger partial charge in [-0.2, -0.15) is 0 Å². The van der Waals surface area contributed by atoms with Gasteiger partial charge in [0, 0.05) is 11.8 Å². The molecule has 2 rings (SSSR count). The molecular weight excluding hydrogens is 274 g/mol. The van der Waals surface area contributed by atoms with Crippen LogP contribution < -0.4 is 15.5 Å². The fourth-order valence-electron chi connectivity index (χ4n) is 1.67. The number of H-pyrrole nitrogens is 1. The largest absolute Gasteiger partial charge is 0.492 e. The average molecular weight is 289 g/mol. The van der Waals surface area contributed by atoms with Crippen molar-refractivity contribution in [3.63, 3.8) is 0 Å². The lowest BCUT2D eigenvalue weighted by atomic mass is 10.2. The third-order valence-electron chi connectivity index (χ3n) is 2.72. The highest BCUT2D eigenvalue weighted by Crippen LogP contribution is 2.11. The van der Waals surface area contributed by atoms with Gasteiger partial charge in [-0.1, -0.05) is 0 Å². The van der Waals surface area contributed by atoms with Crippen molar-refractivity contribution in [2.45, 2.75) is 0 Å². The summed E-state index contributed by atoms with van der Waals surface area (Å²) >= 11 is 0. The molecule has 1 aromatic carbocycles. The van der Waals surface area contributed by atoms with Crippen molar-refractivity contribution >= 4 is 11.8 Å². The topological polar surface area (TPSA) is 103 Å². The van der Waals surface area contributed by atoms with Crippen LogP contribution in [0.2, 0.25) is 0 Å². The van der Waals surface area contributed by atoms with Crippen molar-refractivity contribution in [2.24, 2.45) is 0 Å². The predicted molar refractivity (Wildman–Crippen MR) is 74.3 cm³/mol. The van der Waals surface area contributed by atoms with E-state index in [4.69, 9.17) is 9.94 Å². The van der Waals surface area contributed by atoms with Crippen LogP contribution in [0.4, 0.5) is 0 Å². The summed E-state index contributed by atoms with van der Waals surface area (Å²) in [7, 11) is 0. The summed E-state index contributed by atoms with van der Waals surface area (Å²) < 4.78 is 5.42. The molecule has 0 aliphatic heterocycles. The Hall–Kier alpha value is -2.80. The highest BCUT2D eigenvalue weighted by atomic mass is 16.5. The minimum atomic E-state index is -0.584. The van der Waals surface area contributed by atoms with Gasteiger partial charge in [-0.3, -0.25) is 14.8 Å². The highest BCUT2D eigenvalue weighted by Gasteiger charge is 2.05. The Morgan fingerprint density at radius 1 is 1.14 bits per heavy atom. The van der Waals surface area contributed by atoms with Gasteiger partial charge >= 0.3 is 0 Å². The zero-order valence-electron chi connectivity index (χ0n) is 11.1. The summed E-state index contributed by atoms with van der Waals surface area (Å²) in [5, 5.41) is 11.2. The Bertz CT molecular complexity index is 593. The van der Waals surface area contributed by atoms with Crippen molar-refractivity contribution in [3.8, 4) is 5.75 Å². The van der Waals surface area contributed by atoms with Crippen molar-refractivity contribution in [1.82, 2.24) is 15.8 Å². The molecule has 2 amide bonds. The van der Waals surface area contributed by atoms with Crippen LogP contribution in [0.5, 0.6) is 5.75 Å². The number of carbonyl (C=O) groups is 2. The summed E-state index contributed by atoms with van der Waals surface area (Å²) in [5.74, 6) is -0.211. The third-order valence-corrected chi connectivity index (χ3v) is 2.72. The molecule has 1 heterocycles. The third kappa shape index (κ3) is 4.08. The van der Waals surface area contributed by atoms with Gasteiger partial charge in [0.2, 0.25) is 0 Å². The maximum absolute atomic E-state index is 11.6. The van der Waals surface area contributed by atoms with Gasteiger partial charge < -0.3 is 15.0 Å². The quantitative estimate of drug-likeness (QED) is 0.361. The average Bonchev–Trinajstić information content (AvgIpc) is 3.05. The van der Waals surface area contributed by atoms with Crippen molar-refractivity contribution < 1.29 is 19.5 Å². The number of carbonyl (C=O) groups excluding carboxylic acids is 2. The number of hydrogen-bond acceptors (Lipinski definition) is 4. The molecule has 7 nitrogen and oxygen atoms in total. The molecule has 0 fully saturated rings. The first-order chi connectivity index (χ1) is 10.2. The summed E-state index contributed by atoms with van der Waals surface area (Å²) in [4.78, 5) is 25.5. The van der Waals surface area contributed by atoms with Gasteiger partial charge in [0.1, 0.15) is 18.1 Å². The first kappa shape index (κ1) is 14.6. The molecule has 0 saturated carbocycles. The van der Waals surface area contributed by atoms with Crippen LogP contribution in [0.25, 0.3) is 0 Å². The number of aromatic nitrogens is 1. The van der Waals surface area contributed by atoms with Crippen LogP contribution in [-0.2, 0) is 0 Å². The van der Waals surface area contributed by atoms with E-state index in [-0.39, 0.29) is 5.91 Å². The van der Waals surface area contributed by atoms with Crippen LogP contribution in [0.3, 0.4) is 0 Å². The van der Waals surface area contributed by atoms with E-state index < -0.39 is 5.91 Å². The number of hydrogen-bond donors (Lipinski definition) is 4. The SMILES string of the molecule is O=C(NO)c1ccc(OCCNC(=O)c2ccc[nH]2)cc1. The van der Waals surface area contributed by atoms with Crippen LogP contribution >= 0.6 is 0 Å². The molecule has 0 aliphatic carbocycles. The Morgan fingerprint density at radius 2 is 1.90 bits per heavy atom. The second kappa shape index (κ2) is 7.11. The zero-order valence-corrected chi connectivity index (χ0v) is 11.1. The van der Waals surface area contributed by atoms with Gasteiger partial charge in [-0.15, -0.1) is 0 Å². The van der Waals surface area contributed by atoms with Crippen molar-refractivity contribution in [1.29, 1.82) is 0 Å². The second-order valence-electron chi connectivity index (χ2n) is 4.15. The summed E-state index contributed by atoms with van der Waals surface area (Å²) in [6.45, 7) is 0.661. The number of nitrogens with one attached hydrogen (secondary N) is 3. The van der Waals surface area contributed by atoms with Gasteiger partial charge in [0.15, 0.2) is 0 Å². The van der Waals surface area contributed by atoms with Gasteiger partial charge in [0.05, 0.1) is 6.54 Å². The van der Waals surface area contributed by atoms with E-state index in [2.05, 4.69) is 10.3 Å². The second-order valence-corrected chi connectivity index (χ2v) is 4.15. The van der Waals surface area contributed by atoms with Crippen LogP contribution in [-0.4, -0.2) is 35.2 Å². The van der Waals surface area contributed by atoms with Crippen molar-refractivity contribution in [3.05, 3.63) is 53.9 Å². The van der Waals surface area contributed by atoms with E-state index >= 15 is 0 Å². The maximum atomic E-state index is 11.6. The van der Waals surface area contributed by atoms with Gasteiger partial charge in [-0.25, -0.2) is 5.48 Å². The first-order valence-corrected chi connectivity index (χ1v) is 6.29. The molecule has 4 N–H and O–H groups in total.